The van der Waals surface area contributed by atoms with Crippen LogP contribution in [-0.4, -0.2) is 54.5 Å². The number of carbonyl (C=O) groups is 1. The van der Waals surface area contributed by atoms with E-state index in [4.69, 9.17) is 0 Å². The van der Waals surface area contributed by atoms with Gasteiger partial charge in [-0.1, -0.05) is 30.7 Å². The third-order valence-corrected chi connectivity index (χ3v) is 6.22. The molecule has 0 spiro atoms. The maximum absolute atomic E-state index is 12.8. The molecule has 144 valence electrons. The first-order valence-corrected chi connectivity index (χ1v) is 10.4. The quantitative estimate of drug-likeness (QED) is 0.848. The lowest BCUT2D eigenvalue weighted by Gasteiger charge is -2.30. The molecule has 0 radical (unpaired) electrons. The minimum Gasteiger partial charge on any atom is -0.348 e. The SMILES string of the molecule is Cc1ccccc1[C@H](C)NC(=O)[C@@H](C)N1CC[C@@H](CN2CCCCC2)C1. The van der Waals surface area contributed by atoms with Gasteiger partial charge in [-0.3, -0.25) is 9.69 Å². The Hall–Kier alpha value is -1.39. The third kappa shape index (κ3) is 4.86. The molecule has 2 aliphatic rings. The maximum atomic E-state index is 12.8. The van der Waals surface area contributed by atoms with E-state index in [1.807, 2.05) is 12.1 Å². The van der Waals surface area contributed by atoms with E-state index in [-0.39, 0.29) is 18.0 Å². The van der Waals surface area contributed by atoms with Crippen LogP contribution in [0.2, 0.25) is 0 Å². The fourth-order valence-electron chi connectivity index (χ4n) is 4.52. The number of rotatable bonds is 6. The van der Waals surface area contributed by atoms with Gasteiger partial charge in [0.25, 0.3) is 0 Å². The van der Waals surface area contributed by atoms with Crippen LogP contribution >= 0.6 is 0 Å². The minimum absolute atomic E-state index is 0.0483. The summed E-state index contributed by atoms with van der Waals surface area (Å²) in [6, 6.07) is 8.30. The van der Waals surface area contributed by atoms with E-state index < -0.39 is 0 Å². The molecule has 0 aliphatic carbocycles. The molecule has 4 nitrogen and oxygen atoms in total. The van der Waals surface area contributed by atoms with Gasteiger partial charge >= 0.3 is 0 Å². The first-order valence-electron chi connectivity index (χ1n) is 10.4. The Bertz CT molecular complexity index is 597. The van der Waals surface area contributed by atoms with Crippen LogP contribution in [0, 0.1) is 12.8 Å². The van der Waals surface area contributed by atoms with E-state index in [1.54, 1.807) is 0 Å². The van der Waals surface area contributed by atoms with Gasteiger partial charge < -0.3 is 10.2 Å². The van der Waals surface area contributed by atoms with E-state index in [9.17, 15) is 4.79 Å². The second-order valence-electron chi connectivity index (χ2n) is 8.27. The van der Waals surface area contributed by atoms with E-state index in [2.05, 4.69) is 48.0 Å². The van der Waals surface area contributed by atoms with Gasteiger partial charge in [-0.05, 0) is 76.7 Å². The highest BCUT2D eigenvalue weighted by Crippen LogP contribution is 2.22. The molecule has 0 unspecified atom stereocenters. The topological polar surface area (TPSA) is 35.6 Å². The van der Waals surface area contributed by atoms with Gasteiger partial charge in [0.05, 0.1) is 12.1 Å². The van der Waals surface area contributed by atoms with Gasteiger partial charge in [0.1, 0.15) is 0 Å². The average Bonchev–Trinajstić information content (AvgIpc) is 3.10. The molecule has 1 N–H and O–H groups in total. The zero-order chi connectivity index (χ0) is 18.5. The van der Waals surface area contributed by atoms with Crippen LogP contribution in [-0.2, 0) is 4.79 Å². The highest BCUT2D eigenvalue weighted by molar-refractivity contribution is 5.81. The molecule has 4 heteroatoms. The van der Waals surface area contributed by atoms with Crippen molar-refractivity contribution >= 4 is 5.91 Å². The predicted octanol–water partition coefficient (Wildman–Crippen LogP) is 3.37. The Kier molecular flexibility index (Phi) is 6.71. The first-order chi connectivity index (χ1) is 12.5. The molecule has 2 heterocycles. The van der Waals surface area contributed by atoms with Crippen molar-refractivity contribution in [1.29, 1.82) is 0 Å². The monoisotopic (exact) mass is 357 g/mol. The number of piperidine rings is 1. The summed E-state index contributed by atoms with van der Waals surface area (Å²) < 4.78 is 0. The molecule has 1 aromatic carbocycles. The number of benzene rings is 1. The van der Waals surface area contributed by atoms with Gasteiger partial charge in [0.2, 0.25) is 5.91 Å². The first kappa shape index (κ1) is 19.4. The summed E-state index contributed by atoms with van der Waals surface area (Å²) in [5, 5.41) is 3.22. The van der Waals surface area contributed by atoms with Crippen LogP contribution in [0.15, 0.2) is 24.3 Å². The molecule has 2 fully saturated rings. The lowest BCUT2D eigenvalue weighted by molar-refractivity contribution is -0.126. The molecule has 3 rings (SSSR count). The van der Waals surface area contributed by atoms with E-state index >= 15 is 0 Å². The van der Waals surface area contributed by atoms with Gasteiger partial charge in [0, 0.05) is 13.1 Å². The fraction of sp³-hybridized carbons (Fsp3) is 0.682. The molecular formula is C22H35N3O. The summed E-state index contributed by atoms with van der Waals surface area (Å²) in [7, 11) is 0. The van der Waals surface area contributed by atoms with Crippen LogP contribution in [0.1, 0.15) is 56.7 Å². The minimum atomic E-state index is -0.0483. The number of carbonyl (C=O) groups excluding carboxylic acids is 1. The number of nitrogens with zero attached hydrogens (tertiary/aromatic N) is 2. The highest BCUT2D eigenvalue weighted by Gasteiger charge is 2.31. The van der Waals surface area contributed by atoms with Crippen molar-refractivity contribution in [2.24, 2.45) is 5.92 Å². The van der Waals surface area contributed by atoms with Crippen molar-refractivity contribution in [3.05, 3.63) is 35.4 Å². The van der Waals surface area contributed by atoms with Gasteiger partial charge in [-0.15, -0.1) is 0 Å². The molecule has 1 amide bonds. The smallest absolute Gasteiger partial charge is 0.237 e. The second kappa shape index (κ2) is 9.01. The Balaban J connectivity index is 1.48. The van der Waals surface area contributed by atoms with Gasteiger partial charge in [0.15, 0.2) is 0 Å². The second-order valence-corrected chi connectivity index (χ2v) is 8.27. The van der Waals surface area contributed by atoms with Gasteiger partial charge in [-0.2, -0.15) is 0 Å². The summed E-state index contributed by atoms with van der Waals surface area (Å²) >= 11 is 0. The molecule has 3 atom stereocenters. The van der Waals surface area contributed by atoms with E-state index in [0.717, 1.165) is 19.0 Å². The summed E-state index contributed by atoms with van der Waals surface area (Å²) in [5.74, 6) is 0.872. The number of hydrogen-bond acceptors (Lipinski definition) is 3. The largest absolute Gasteiger partial charge is 0.348 e. The average molecular weight is 358 g/mol. The normalized spacial score (nSPS) is 24.3. The zero-order valence-electron chi connectivity index (χ0n) is 16.7. The third-order valence-electron chi connectivity index (χ3n) is 6.22. The van der Waals surface area contributed by atoms with E-state index in [1.165, 1.54) is 56.4 Å². The summed E-state index contributed by atoms with van der Waals surface area (Å²) in [4.78, 5) is 17.8. The van der Waals surface area contributed by atoms with Crippen LogP contribution < -0.4 is 5.32 Å². The Labute approximate surface area is 158 Å². The Morgan fingerprint density at radius 2 is 1.88 bits per heavy atom. The van der Waals surface area contributed by atoms with Crippen molar-refractivity contribution < 1.29 is 4.79 Å². The standard InChI is InChI=1S/C22H35N3O/c1-17-9-5-6-10-21(17)18(2)23-22(26)19(3)25-14-11-20(16-25)15-24-12-7-4-8-13-24/h5-6,9-10,18-20H,4,7-8,11-16H2,1-3H3,(H,23,26)/t18-,19+,20-/m0/s1. The van der Waals surface area contributed by atoms with Crippen LogP contribution in [0.25, 0.3) is 0 Å². The maximum Gasteiger partial charge on any atom is 0.237 e. The number of amides is 1. The molecule has 2 aliphatic heterocycles. The molecular weight excluding hydrogens is 322 g/mol. The molecule has 26 heavy (non-hydrogen) atoms. The number of hydrogen-bond donors (Lipinski definition) is 1. The molecule has 0 aromatic heterocycles. The van der Waals surface area contributed by atoms with Gasteiger partial charge in [-0.25, -0.2) is 0 Å². The number of nitrogens with one attached hydrogen (secondary N) is 1. The summed E-state index contributed by atoms with van der Waals surface area (Å²) in [6.45, 7) is 12.1. The van der Waals surface area contributed by atoms with Crippen molar-refractivity contribution in [3.63, 3.8) is 0 Å². The highest BCUT2D eigenvalue weighted by atomic mass is 16.2. The van der Waals surface area contributed by atoms with Crippen molar-refractivity contribution in [2.45, 2.75) is 58.5 Å². The van der Waals surface area contributed by atoms with Crippen molar-refractivity contribution in [3.8, 4) is 0 Å². The molecule has 0 saturated carbocycles. The fourth-order valence-corrected chi connectivity index (χ4v) is 4.52. The predicted molar refractivity (Wildman–Crippen MR) is 107 cm³/mol. The van der Waals surface area contributed by atoms with Crippen LogP contribution in [0.4, 0.5) is 0 Å². The number of aryl methyl sites for hydroxylation is 1. The van der Waals surface area contributed by atoms with Crippen LogP contribution in [0.3, 0.4) is 0 Å². The Morgan fingerprint density at radius 3 is 2.62 bits per heavy atom. The van der Waals surface area contributed by atoms with Crippen molar-refractivity contribution in [2.75, 3.05) is 32.7 Å². The summed E-state index contributed by atoms with van der Waals surface area (Å²) in [6.07, 6.45) is 5.32. The lowest BCUT2D eigenvalue weighted by Crippen LogP contribution is -2.45. The molecule has 2 saturated heterocycles. The van der Waals surface area contributed by atoms with Crippen LogP contribution in [0.5, 0.6) is 0 Å². The van der Waals surface area contributed by atoms with Crippen molar-refractivity contribution in [1.82, 2.24) is 15.1 Å². The molecule has 1 aromatic rings. The van der Waals surface area contributed by atoms with E-state index in [0.29, 0.717) is 0 Å². The molecule has 0 bridgehead atoms. The number of likely N-dealkylation sites (tertiary alicyclic amines) is 2. The Morgan fingerprint density at radius 1 is 1.15 bits per heavy atom. The lowest BCUT2D eigenvalue weighted by atomic mass is 10.0. The zero-order valence-corrected chi connectivity index (χ0v) is 16.7. The summed E-state index contributed by atoms with van der Waals surface area (Å²) in [5.41, 5.74) is 2.44.